The van der Waals surface area contributed by atoms with Crippen molar-refractivity contribution < 1.29 is 18.0 Å². The first-order valence-corrected chi connectivity index (χ1v) is 5.29. The van der Waals surface area contributed by atoms with Gasteiger partial charge in [-0.25, -0.2) is 0 Å². The minimum absolute atomic E-state index is 0.0535. The number of carbonyl (C=O) groups is 1. The molecule has 0 aliphatic carbocycles. The number of allylic oxidation sites excluding steroid dienone is 2. The lowest BCUT2D eigenvalue weighted by Crippen LogP contribution is -2.04. The van der Waals surface area contributed by atoms with E-state index in [1.165, 1.54) is 6.08 Å². The molecule has 1 rings (SSSR count). The average molecular weight is 242 g/mol. The van der Waals surface area contributed by atoms with Crippen LogP contribution in [0.15, 0.2) is 42.5 Å². The van der Waals surface area contributed by atoms with Crippen molar-refractivity contribution in [3.8, 4) is 0 Å². The summed E-state index contributed by atoms with van der Waals surface area (Å²) in [6.07, 6.45) is -2.08. The van der Waals surface area contributed by atoms with Crippen molar-refractivity contribution in [3.63, 3.8) is 0 Å². The molecule has 0 aliphatic rings. The molecular formula is C13H13F3O. The van der Waals surface area contributed by atoms with Crippen molar-refractivity contribution in [1.29, 1.82) is 0 Å². The molecule has 0 heterocycles. The number of halogens is 3. The van der Waals surface area contributed by atoms with Gasteiger partial charge in [-0.3, -0.25) is 4.79 Å². The van der Waals surface area contributed by atoms with Crippen molar-refractivity contribution in [2.75, 3.05) is 0 Å². The van der Waals surface area contributed by atoms with Gasteiger partial charge in [0.2, 0.25) is 0 Å². The van der Waals surface area contributed by atoms with Gasteiger partial charge in [0.05, 0.1) is 6.42 Å². The van der Waals surface area contributed by atoms with E-state index in [0.29, 0.717) is 12.0 Å². The first kappa shape index (κ1) is 13.5. The number of hydrogen-bond donors (Lipinski definition) is 0. The third kappa shape index (κ3) is 5.90. The summed E-state index contributed by atoms with van der Waals surface area (Å²) in [6, 6.07) is 8.71. The molecule has 1 nitrogen and oxygen atoms in total. The Labute approximate surface area is 98.0 Å². The minimum atomic E-state index is -4.17. The second-order valence-corrected chi connectivity index (χ2v) is 3.62. The van der Waals surface area contributed by atoms with Gasteiger partial charge in [-0.15, -0.1) is 0 Å². The fourth-order valence-corrected chi connectivity index (χ4v) is 1.32. The number of Topliss-reactive ketones (excluding diaryl/α,β-unsaturated/α-hetero) is 1. The Kier molecular flexibility index (Phi) is 4.94. The maximum atomic E-state index is 11.8. The van der Waals surface area contributed by atoms with E-state index in [0.717, 1.165) is 6.08 Å². The van der Waals surface area contributed by atoms with Gasteiger partial charge in [0.15, 0.2) is 5.78 Å². The van der Waals surface area contributed by atoms with Crippen LogP contribution in [0.4, 0.5) is 13.2 Å². The summed E-state index contributed by atoms with van der Waals surface area (Å²) >= 11 is 0. The zero-order valence-electron chi connectivity index (χ0n) is 9.20. The lowest BCUT2D eigenvalue weighted by Gasteiger charge is -2.00. The summed E-state index contributed by atoms with van der Waals surface area (Å²) in [4.78, 5) is 11.5. The second-order valence-electron chi connectivity index (χ2n) is 3.62. The third-order valence-corrected chi connectivity index (χ3v) is 2.15. The Morgan fingerprint density at radius 2 is 1.76 bits per heavy atom. The first-order valence-electron chi connectivity index (χ1n) is 5.29. The van der Waals surface area contributed by atoms with Gasteiger partial charge in [0.1, 0.15) is 0 Å². The second kappa shape index (κ2) is 6.23. The zero-order chi connectivity index (χ0) is 12.7. The predicted octanol–water partition coefficient (Wildman–Crippen LogP) is 4.16. The van der Waals surface area contributed by atoms with E-state index in [1.807, 2.05) is 0 Å². The van der Waals surface area contributed by atoms with E-state index >= 15 is 0 Å². The largest absolute Gasteiger partial charge is 0.392 e. The number of carbonyl (C=O) groups excluding carboxylic acids is 1. The highest BCUT2D eigenvalue weighted by Gasteiger charge is 2.24. The van der Waals surface area contributed by atoms with Gasteiger partial charge < -0.3 is 0 Å². The summed E-state index contributed by atoms with van der Waals surface area (Å²) in [5, 5.41) is 0. The van der Waals surface area contributed by atoms with Crippen LogP contribution in [0.5, 0.6) is 0 Å². The van der Waals surface area contributed by atoms with Crippen LogP contribution in [0.2, 0.25) is 0 Å². The van der Waals surface area contributed by atoms with E-state index in [2.05, 4.69) is 0 Å². The summed E-state index contributed by atoms with van der Waals surface area (Å²) < 4.78 is 35.4. The topological polar surface area (TPSA) is 17.1 Å². The van der Waals surface area contributed by atoms with Crippen LogP contribution in [0.3, 0.4) is 0 Å². The Hall–Kier alpha value is -1.58. The summed E-state index contributed by atoms with van der Waals surface area (Å²) in [6.45, 7) is 0. The monoisotopic (exact) mass is 242 g/mol. The molecule has 0 fully saturated rings. The van der Waals surface area contributed by atoms with Gasteiger partial charge >= 0.3 is 6.18 Å². The summed E-state index contributed by atoms with van der Waals surface area (Å²) in [7, 11) is 0. The quantitative estimate of drug-likeness (QED) is 0.559. The molecule has 0 radical (unpaired) electrons. The van der Waals surface area contributed by atoms with Crippen molar-refractivity contribution >= 4 is 5.78 Å². The summed E-state index contributed by atoms with van der Waals surface area (Å²) in [5.41, 5.74) is 0.594. The van der Waals surface area contributed by atoms with Crippen molar-refractivity contribution in [1.82, 2.24) is 0 Å². The number of rotatable bonds is 5. The van der Waals surface area contributed by atoms with Crippen molar-refractivity contribution in [3.05, 3.63) is 48.0 Å². The molecule has 0 spiro atoms. The van der Waals surface area contributed by atoms with Crippen LogP contribution < -0.4 is 0 Å². The lowest BCUT2D eigenvalue weighted by molar-refractivity contribution is -0.125. The van der Waals surface area contributed by atoms with E-state index < -0.39 is 12.6 Å². The average Bonchev–Trinajstić information content (AvgIpc) is 2.28. The van der Waals surface area contributed by atoms with Crippen LogP contribution in [0.25, 0.3) is 0 Å². The Balaban J connectivity index is 2.30. The molecule has 1 aromatic rings. The van der Waals surface area contributed by atoms with Crippen LogP contribution in [0, 0.1) is 0 Å². The maximum absolute atomic E-state index is 11.8. The van der Waals surface area contributed by atoms with E-state index in [1.54, 1.807) is 30.3 Å². The number of ketones is 1. The third-order valence-electron chi connectivity index (χ3n) is 2.15. The van der Waals surface area contributed by atoms with E-state index in [9.17, 15) is 18.0 Å². The van der Waals surface area contributed by atoms with Gasteiger partial charge in [-0.1, -0.05) is 42.5 Å². The van der Waals surface area contributed by atoms with Crippen LogP contribution in [0.1, 0.15) is 29.6 Å². The van der Waals surface area contributed by atoms with E-state index in [4.69, 9.17) is 0 Å². The number of benzene rings is 1. The normalized spacial score (nSPS) is 11.9. The smallest absolute Gasteiger partial charge is 0.294 e. The summed E-state index contributed by atoms with van der Waals surface area (Å²) in [5.74, 6) is -0.0535. The molecular weight excluding hydrogens is 229 g/mol. The molecule has 0 aliphatic heterocycles. The highest BCUT2D eigenvalue weighted by Crippen LogP contribution is 2.19. The van der Waals surface area contributed by atoms with Crippen LogP contribution >= 0.6 is 0 Å². The fourth-order valence-electron chi connectivity index (χ4n) is 1.32. The lowest BCUT2D eigenvalue weighted by atomic mass is 10.1. The molecule has 0 saturated carbocycles. The predicted molar refractivity (Wildman–Crippen MR) is 59.8 cm³/mol. The van der Waals surface area contributed by atoms with Gasteiger partial charge in [0.25, 0.3) is 0 Å². The number of alkyl halides is 3. The number of hydrogen-bond acceptors (Lipinski definition) is 1. The molecule has 0 bridgehead atoms. The molecule has 92 valence electrons. The van der Waals surface area contributed by atoms with Gasteiger partial charge in [-0.05, 0) is 6.42 Å². The molecule has 1 aromatic carbocycles. The Morgan fingerprint density at radius 1 is 1.12 bits per heavy atom. The van der Waals surface area contributed by atoms with Crippen LogP contribution in [-0.4, -0.2) is 12.0 Å². The fraction of sp³-hybridized carbons (Fsp3) is 0.308. The molecule has 17 heavy (non-hydrogen) atoms. The van der Waals surface area contributed by atoms with Crippen molar-refractivity contribution in [2.24, 2.45) is 0 Å². The SMILES string of the molecule is O=C(CC/C=C/CC(F)(F)F)c1ccccc1. The van der Waals surface area contributed by atoms with Gasteiger partial charge in [-0.2, -0.15) is 13.2 Å². The van der Waals surface area contributed by atoms with Gasteiger partial charge in [0, 0.05) is 12.0 Å². The Morgan fingerprint density at radius 3 is 2.35 bits per heavy atom. The highest BCUT2D eigenvalue weighted by atomic mass is 19.4. The molecule has 0 amide bonds. The first-order chi connectivity index (χ1) is 7.99. The standard InChI is InChI=1S/C13H13F3O/c14-13(15,16)10-6-2-5-9-12(17)11-7-3-1-4-8-11/h1-4,6-8H,5,9-10H2/b6-2+. The maximum Gasteiger partial charge on any atom is 0.392 e. The molecule has 0 unspecified atom stereocenters. The van der Waals surface area contributed by atoms with Crippen LogP contribution in [-0.2, 0) is 0 Å². The molecule has 0 saturated heterocycles. The molecule has 0 N–H and O–H groups in total. The zero-order valence-corrected chi connectivity index (χ0v) is 9.20. The minimum Gasteiger partial charge on any atom is -0.294 e. The van der Waals surface area contributed by atoms with E-state index in [-0.39, 0.29) is 12.2 Å². The highest BCUT2D eigenvalue weighted by molar-refractivity contribution is 5.96. The Bertz CT molecular complexity index is 379. The molecule has 0 atom stereocenters. The molecule has 4 heteroatoms. The molecule has 0 aromatic heterocycles. The van der Waals surface area contributed by atoms with Crippen molar-refractivity contribution in [2.45, 2.75) is 25.4 Å².